The van der Waals surface area contributed by atoms with Gasteiger partial charge in [0.2, 0.25) is 5.91 Å². The topological polar surface area (TPSA) is 40.6 Å². The third kappa shape index (κ3) is 3.51. The average Bonchev–Trinajstić information content (AvgIpc) is 3.26. The second-order valence-corrected chi connectivity index (χ2v) is 8.48. The van der Waals surface area contributed by atoms with E-state index < -0.39 is 0 Å². The number of nitrogens with zero attached hydrogens (tertiary/aromatic N) is 2. The van der Waals surface area contributed by atoms with Gasteiger partial charge in [-0.25, -0.2) is 0 Å². The van der Waals surface area contributed by atoms with Crippen molar-refractivity contribution < 1.29 is 9.59 Å². The SMILES string of the molecule is O=C(c1ccc(Br)cc1)N1CCN(C(=O)C2CC2c2cccs2)CC1. The van der Waals surface area contributed by atoms with Gasteiger partial charge in [0.25, 0.3) is 5.91 Å². The molecule has 1 aliphatic heterocycles. The average molecular weight is 419 g/mol. The van der Waals surface area contributed by atoms with Crippen LogP contribution in [0.5, 0.6) is 0 Å². The molecule has 0 N–H and O–H groups in total. The number of amides is 2. The van der Waals surface area contributed by atoms with Crippen molar-refractivity contribution in [3.05, 3.63) is 56.7 Å². The predicted molar refractivity (Wildman–Crippen MR) is 102 cm³/mol. The first-order chi connectivity index (χ1) is 12.1. The molecule has 25 heavy (non-hydrogen) atoms. The number of carbonyl (C=O) groups is 2. The van der Waals surface area contributed by atoms with Crippen LogP contribution in [0.15, 0.2) is 46.3 Å². The Morgan fingerprint density at radius 2 is 1.68 bits per heavy atom. The maximum atomic E-state index is 12.7. The van der Waals surface area contributed by atoms with E-state index in [0.29, 0.717) is 37.7 Å². The highest BCUT2D eigenvalue weighted by Crippen LogP contribution is 2.50. The van der Waals surface area contributed by atoms with E-state index in [1.807, 2.05) is 40.1 Å². The van der Waals surface area contributed by atoms with Crippen LogP contribution < -0.4 is 0 Å². The van der Waals surface area contributed by atoms with Crippen molar-refractivity contribution in [2.24, 2.45) is 5.92 Å². The number of hydrogen-bond acceptors (Lipinski definition) is 3. The van der Waals surface area contributed by atoms with E-state index in [1.54, 1.807) is 11.3 Å². The van der Waals surface area contributed by atoms with Gasteiger partial charge in [-0.1, -0.05) is 22.0 Å². The summed E-state index contributed by atoms with van der Waals surface area (Å²) in [5, 5.41) is 2.07. The molecule has 1 aromatic heterocycles. The van der Waals surface area contributed by atoms with Crippen LogP contribution in [0, 0.1) is 5.92 Å². The van der Waals surface area contributed by atoms with Crippen LogP contribution in [0.4, 0.5) is 0 Å². The van der Waals surface area contributed by atoms with Crippen molar-refractivity contribution in [3.63, 3.8) is 0 Å². The highest BCUT2D eigenvalue weighted by molar-refractivity contribution is 9.10. The zero-order valence-corrected chi connectivity index (χ0v) is 16.1. The maximum Gasteiger partial charge on any atom is 0.253 e. The molecular formula is C19H19BrN2O2S. The first kappa shape index (κ1) is 16.8. The Balaban J connectivity index is 1.32. The fourth-order valence-corrected chi connectivity index (χ4v) is 4.60. The fraction of sp³-hybridized carbons (Fsp3) is 0.368. The summed E-state index contributed by atoms with van der Waals surface area (Å²) in [7, 11) is 0. The summed E-state index contributed by atoms with van der Waals surface area (Å²) in [4.78, 5) is 30.3. The highest BCUT2D eigenvalue weighted by atomic mass is 79.9. The van der Waals surface area contributed by atoms with Gasteiger partial charge in [-0.3, -0.25) is 9.59 Å². The Morgan fingerprint density at radius 3 is 2.32 bits per heavy atom. The van der Waals surface area contributed by atoms with Gasteiger partial charge in [0, 0.05) is 52.9 Å². The molecule has 2 aliphatic rings. The summed E-state index contributed by atoms with van der Waals surface area (Å²) in [6.07, 6.45) is 0.970. The van der Waals surface area contributed by atoms with Crippen molar-refractivity contribution >= 4 is 39.1 Å². The first-order valence-corrected chi connectivity index (χ1v) is 10.2. The van der Waals surface area contributed by atoms with Crippen LogP contribution in [0.1, 0.15) is 27.6 Å². The van der Waals surface area contributed by atoms with Crippen LogP contribution in [0.25, 0.3) is 0 Å². The number of rotatable bonds is 3. The number of carbonyl (C=O) groups excluding carboxylic acids is 2. The van der Waals surface area contributed by atoms with Gasteiger partial charge in [0.1, 0.15) is 0 Å². The number of benzene rings is 1. The van der Waals surface area contributed by atoms with Crippen molar-refractivity contribution in [2.75, 3.05) is 26.2 Å². The van der Waals surface area contributed by atoms with Crippen molar-refractivity contribution in [2.45, 2.75) is 12.3 Å². The Bertz CT molecular complexity index is 767. The molecule has 2 amide bonds. The maximum absolute atomic E-state index is 12.7. The largest absolute Gasteiger partial charge is 0.339 e. The van der Waals surface area contributed by atoms with E-state index in [-0.39, 0.29) is 17.7 Å². The summed E-state index contributed by atoms with van der Waals surface area (Å²) >= 11 is 5.12. The minimum absolute atomic E-state index is 0.0440. The van der Waals surface area contributed by atoms with Gasteiger partial charge in [0.05, 0.1) is 0 Å². The van der Waals surface area contributed by atoms with Gasteiger partial charge in [0.15, 0.2) is 0 Å². The molecule has 0 spiro atoms. The van der Waals surface area contributed by atoms with Gasteiger partial charge in [-0.2, -0.15) is 0 Å². The first-order valence-electron chi connectivity index (χ1n) is 8.50. The smallest absolute Gasteiger partial charge is 0.253 e. The van der Waals surface area contributed by atoms with Crippen LogP contribution in [-0.4, -0.2) is 47.8 Å². The molecule has 1 aromatic carbocycles. The highest BCUT2D eigenvalue weighted by Gasteiger charge is 2.46. The second kappa shape index (κ2) is 6.92. The Morgan fingerprint density at radius 1 is 1.00 bits per heavy atom. The van der Waals surface area contributed by atoms with Gasteiger partial charge in [-0.15, -0.1) is 11.3 Å². The van der Waals surface area contributed by atoms with Crippen LogP contribution in [-0.2, 0) is 4.79 Å². The van der Waals surface area contributed by atoms with Crippen molar-refractivity contribution in [1.29, 1.82) is 0 Å². The molecule has 1 saturated carbocycles. The van der Waals surface area contributed by atoms with Crippen molar-refractivity contribution in [3.8, 4) is 0 Å². The Labute approximate surface area is 159 Å². The Kier molecular flexibility index (Phi) is 4.65. The molecule has 2 atom stereocenters. The van der Waals surface area contributed by atoms with Gasteiger partial charge in [-0.05, 0) is 42.1 Å². The predicted octanol–water partition coefficient (Wildman–Crippen LogP) is 3.60. The van der Waals surface area contributed by atoms with E-state index in [4.69, 9.17) is 0 Å². The Hall–Kier alpha value is -1.66. The third-order valence-electron chi connectivity index (χ3n) is 4.99. The van der Waals surface area contributed by atoms with E-state index in [1.165, 1.54) is 4.88 Å². The number of piperazine rings is 1. The molecule has 4 nitrogen and oxygen atoms in total. The summed E-state index contributed by atoms with van der Waals surface area (Å²) in [5.74, 6) is 0.860. The molecule has 2 fully saturated rings. The molecule has 1 saturated heterocycles. The molecule has 4 rings (SSSR count). The molecular weight excluding hydrogens is 400 g/mol. The molecule has 6 heteroatoms. The summed E-state index contributed by atoms with van der Waals surface area (Å²) < 4.78 is 0.962. The van der Waals surface area contributed by atoms with E-state index in [9.17, 15) is 9.59 Å². The normalized spacial score (nSPS) is 22.8. The zero-order valence-electron chi connectivity index (χ0n) is 13.7. The summed E-state index contributed by atoms with van der Waals surface area (Å²) in [6, 6.07) is 11.6. The monoisotopic (exact) mass is 418 g/mol. The number of halogens is 1. The fourth-order valence-electron chi connectivity index (χ4n) is 3.42. The minimum atomic E-state index is 0.0440. The quantitative estimate of drug-likeness (QED) is 0.763. The van der Waals surface area contributed by atoms with E-state index in [2.05, 4.69) is 27.4 Å². The number of thiophene rings is 1. The standard InChI is InChI=1S/C19H19BrN2O2S/c20-14-5-3-13(4-6-14)18(23)21-7-9-22(10-8-21)19(24)16-12-15(16)17-2-1-11-25-17/h1-6,11,15-16H,7-10,12H2. The van der Waals surface area contributed by atoms with Gasteiger partial charge < -0.3 is 9.80 Å². The summed E-state index contributed by atoms with van der Waals surface area (Å²) in [5.41, 5.74) is 0.697. The molecule has 1 aliphatic carbocycles. The zero-order chi connectivity index (χ0) is 17.4. The lowest BCUT2D eigenvalue weighted by atomic mass is 10.1. The second-order valence-electron chi connectivity index (χ2n) is 6.59. The molecule has 2 heterocycles. The van der Waals surface area contributed by atoms with Crippen molar-refractivity contribution in [1.82, 2.24) is 9.80 Å². The van der Waals surface area contributed by atoms with Crippen LogP contribution >= 0.6 is 27.3 Å². The molecule has 2 unspecified atom stereocenters. The van der Waals surface area contributed by atoms with E-state index >= 15 is 0 Å². The van der Waals surface area contributed by atoms with Gasteiger partial charge >= 0.3 is 0 Å². The lowest BCUT2D eigenvalue weighted by Crippen LogP contribution is -2.51. The lowest BCUT2D eigenvalue weighted by Gasteiger charge is -2.35. The molecule has 2 aromatic rings. The summed E-state index contributed by atoms with van der Waals surface area (Å²) in [6.45, 7) is 2.48. The number of hydrogen-bond donors (Lipinski definition) is 0. The molecule has 130 valence electrons. The van der Waals surface area contributed by atoms with Crippen LogP contribution in [0.3, 0.4) is 0 Å². The third-order valence-corrected chi connectivity index (χ3v) is 6.52. The molecule has 0 radical (unpaired) electrons. The van der Waals surface area contributed by atoms with E-state index in [0.717, 1.165) is 10.9 Å². The molecule has 0 bridgehead atoms. The van der Waals surface area contributed by atoms with Crippen LogP contribution in [0.2, 0.25) is 0 Å². The minimum Gasteiger partial charge on any atom is -0.339 e. The lowest BCUT2D eigenvalue weighted by molar-refractivity contribution is -0.134.